The molecule has 0 saturated carbocycles. The van der Waals surface area contributed by atoms with E-state index in [0.29, 0.717) is 6.42 Å². The lowest BCUT2D eigenvalue weighted by molar-refractivity contribution is 0.0992. The number of Topliss-reactive ketones (excluding diaryl/α,β-unsaturated/α-hetero) is 1. The highest BCUT2D eigenvalue weighted by molar-refractivity contribution is 6.07. The van der Waals surface area contributed by atoms with Crippen LogP contribution in [0.4, 0.5) is 0 Å². The van der Waals surface area contributed by atoms with Crippen molar-refractivity contribution in [2.24, 2.45) is 7.05 Å². The van der Waals surface area contributed by atoms with E-state index in [2.05, 4.69) is 10.1 Å². The number of benzene rings is 1. The Morgan fingerprint density at radius 3 is 2.85 bits per heavy atom. The summed E-state index contributed by atoms with van der Waals surface area (Å²) in [5, 5.41) is 5.17. The van der Waals surface area contributed by atoms with Gasteiger partial charge in [0.1, 0.15) is 0 Å². The molecule has 100 valence electrons. The van der Waals surface area contributed by atoms with Crippen molar-refractivity contribution in [2.75, 3.05) is 0 Å². The molecule has 2 aromatic heterocycles. The summed E-state index contributed by atoms with van der Waals surface area (Å²) in [7, 11) is 1.86. The highest BCUT2D eigenvalue weighted by Gasteiger charge is 2.13. The zero-order chi connectivity index (χ0) is 14.1. The Hall–Kier alpha value is -2.49. The Bertz CT molecular complexity index is 784. The van der Waals surface area contributed by atoms with Crippen LogP contribution >= 0.6 is 0 Å². The number of ketones is 1. The lowest BCUT2D eigenvalue weighted by atomic mass is 10.0. The third kappa shape index (κ3) is 2.20. The Labute approximate surface area is 117 Å². The van der Waals surface area contributed by atoms with E-state index >= 15 is 0 Å². The van der Waals surface area contributed by atoms with Crippen LogP contribution in [0.15, 0.2) is 42.6 Å². The average molecular weight is 265 g/mol. The molecule has 3 rings (SSSR count). The minimum atomic E-state index is 0.0894. The average Bonchev–Trinajstić information content (AvgIpc) is 2.76. The molecular weight excluding hydrogens is 250 g/mol. The molecule has 0 amide bonds. The molecule has 3 aromatic rings. The number of aryl methyl sites for hydroxylation is 2. The summed E-state index contributed by atoms with van der Waals surface area (Å²) in [6.45, 7) is 1.93. The molecule has 0 bridgehead atoms. The van der Waals surface area contributed by atoms with Crippen LogP contribution in [0.2, 0.25) is 0 Å². The summed E-state index contributed by atoms with van der Waals surface area (Å²) < 4.78 is 1.76. The smallest absolute Gasteiger partial charge is 0.169 e. The molecular formula is C16H15N3O. The standard InChI is InChI=1S/C16H15N3O/c1-11-9-12(19(2)18-11)10-16(20)14-5-3-7-15-13(14)6-4-8-17-15/h3-9H,10H2,1-2H3. The van der Waals surface area contributed by atoms with Crippen LogP contribution in [0.3, 0.4) is 0 Å². The molecule has 0 spiro atoms. The fourth-order valence-electron chi connectivity index (χ4n) is 2.44. The maximum absolute atomic E-state index is 12.5. The topological polar surface area (TPSA) is 47.8 Å². The molecule has 0 aliphatic heterocycles. The highest BCUT2D eigenvalue weighted by Crippen LogP contribution is 2.18. The summed E-state index contributed by atoms with van der Waals surface area (Å²) >= 11 is 0. The molecule has 0 unspecified atom stereocenters. The first-order valence-corrected chi connectivity index (χ1v) is 6.51. The van der Waals surface area contributed by atoms with Crippen LogP contribution in [-0.2, 0) is 13.5 Å². The predicted octanol–water partition coefficient (Wildman–Crippen LogP) is 2.70. The minimum Gasteiger partial charge on any atom is -0.294 e. The van der Waals surface area contributed by atoms with Crippen molar-refractivity contribution in [3.8, 4) is 0 Å². The van der Waals surface area contributed by atoms with Gasteiger partial charge in [-0.2, -0.15) is 5.10 Å². The van der Waals surface area contributed by atoms with E-state index < -0.39 is 0 Å². The summed E-state index contributed by atoms with van der Waals surface area (Å²) in [5.41, 5.74) is 3.41. The van der Waals surface area contributed by atoms with Gasteiger partial charge in [-0.15, -0.1) is 0 Å². The second-order valence-corrected chi connectivity index (χ2v) is 4.88. The number of rotatable bonds is 3. The number of hydrogen-bond acceptors (Lipinski definition) is 3. The third-order valence-electron chi connectivity index (χ3n) is 3.39. The molecule has 0 fully saturated rings. The van der Waals surface area contributed by atoms with Crippen molar-refractivity contribution in [2.45, 2.75) is 13.3 Å². The Morgan fingerprint density at radius 1 is 1.25 bits per heavy atom. The van der Waals surface area contributed by atoms with E-state index in [-0.39, 0.29) is 5.78 Å². The van der Waals surface area contributed by atoms with Gasteiger partial charge in [-0.1, -0.05) is 18.2 Å². The molecule has 0 atom stereocenters. The number of aromatic nitrogens is 3. The first-order chi connectivity index (χ1) is 9.65. The summed E-state index contributed by atoms with van der Waals surface area (Å²) in [4.78, 5) is 16.8. The van der Waals surface area contributed by atoms with Crippen molar-refractivity contribution < 1.29 is 4.79 Å². The fraction of sp³-hybridized carbons (Fsp3) is 0.188. The highest BCUT2D eigenvalue weighted by atomic mass is 16.1. The molecule has 1 aromatic carbocycles. The van der Waals surface area contributed by atoms with Crippen LogP contribution in [0.1, 0.15) is 21.7 Å². The Balaban J connectivity index is 1.99. The van der Waals surface area contributed by atoms with E-state index in [1.54, 1.807) is 10.9 Å². The van der Waals surface area contributed by atoms with Crippen molar-refractivity contribution in [3.63, 3.8) is 0 Å². The molecule has 20 heavy (non-hydrogen) atoms. The SMILES string of the molecule is Cc1cc(CC(=O)c2cccc3ncccc23)n(C)n1. The largest absolute Gasteiger partial charge is 0.294 e. The van der Waals surface area contributed by atoms with Gasteiger partial charge in [-0.05, 0) is 25.1 Å². The van der Waals surface area contributed by atoms with Gasteiger partial charge >= 0.3 is 0 Å². The third-order valence-corrected chi connectivity index (χ3v) is 3.39. The van der Waals surface area contributed by atoms with Crippen LogP contribution in [0, 0.1) is 6.92 Å². The van der Waals surface area contributed by atoms with E-state index in [9.17, 15) is 4.79 Å². The van der Waals surface area contributed by atoms with Gasteiger partial charge < -0.3 is 0 Å². The van der Waals surface area contributed by atoms with Crippen LogP contribution in [-0.4, -0.2) is 20.5 Å². The lowest BCUT2D eigenvalue weighted by Crippen LogP contribution is -2.08. The first kappa shape index (κ1) is 12.5. The Morgan fingerprint density at radius 2 is 2.10 bits per heavy atom. The first-order valence-electron chi connectivity index (χ1n) is 6.51. The minimum absolute atomic E-state index is 0.0894. The molecule has 0 N–H and O–H groups in total. The van der Waals surface area contributed by atoms with Crippen LogP contribution in [0.5, 0.6) is 0 Å². The van der Waals surface area contributed by atoms with Crippen molar-refractivity contribution in [3.05, 3.63) is 59.5 Å². The number of fused-ring (bicyclic) bond motifs is 1. The van der Waals surface area contributed by atoms with Crippen LogP contribution in [0.25, 0.3) is 10.9 Å². The fourth-order valence-corrected chi connectivity index (χ4v) is 2.44. The number of carbonyl (C=O) groups is 1. The van der Waals surface area contributed by atoms with Crippen molar-refractivity contribution in [1.29, 1.82) is 0 Å². The Kier molecular flexibility index (Phi) is 3.06. The predicted molar refractivity (Wildman–Crippen MR) is 77.7 cm³/mol. The molecule has 0 aliphatic carbocycles. The second kappa shape index (κ2) is 4.89. The molecule has 0 radical (unpaired) electrons. The summed E-state index contributed by atoms with van der Waals surface area (Å²) in [5.74, 6) is 0.0894. The van der Waals surface area contributed by atoms with E-state index in [0.717, 1.165) is 27.9 Å². The van der Waals surface area contributed by atoms with Gasteiger partial charge in [-0.25, -0.2) is 0 Å². The van der Waals surface area contributed by atoms with Gasteiger partial charge in [0.15, 0.2) is 5.78 Å². The monoisotopic (exact) mass is 265 g/mol. The zero-order valence-electron chi connectivity index (χ0n) is 11.5. The van der Waals surface area contributed by atoms with Gasteiger partial charge in [0.05, 0.1) is 17.6 Å². The molecule has 0 aliphatic rings. The number of hydrogen-bond donors (Lipinski definition) is 0. The number of carbonyl (C=O) groups excluding carboxylic acids is 1. The van der Waals surface area contributed by atoms with Gasteiger partial charge in [0.2, 0.25) is 0 Å². The number of pyridine rings is 1. The summed E-state index contributed by atoms with van der Waals surface area (Å²) in [6.07, 6.45) is 2.09. The van der Waals surface area contributed by atoms with Crippen LogP contribution < -0.4 is 0 Å². The van der Waals surface area contributed by atoms with Crippen molar-refractivity contribution >= 4 is 16.7 Å². The molecule has 4 nitrogen and oxygen atoms in total. The van der Waals surface area contributed by atoms with E-state index in [4.69, 9.17) is 0 Å². The molecule has 0 saturated heterocycles. The van der Waals surface area contributed by atoms with Gasteiger partial charge in [0, 0.05) is 29.9 Å². The number of nitrogens with zero attached hydrogens (tertiary/aromatic N) is 3. The van der Waals surface area contributed by atoms with Gasteiger partial charge in [0.25, 0.3) is 0 Å². The zero-order valence-corrected chi connectivity index (χ0v) is 11.5. The van der Waals surface area contributed by atoms with E-state index in [1.807, 2.05) is 50.4 Å². The quantitative estimate of drug-likeness (QED) is 0.684. The second-order valence-electron chi connectivity index (χ2n) is 4.88. The molecule has 2 heterocycles. The lowest BCUT2D eigenvalue weighted by Gasteiger charge is -2.05. The maximum atomic E-state index is 12.5. The van der Waals surface area contributed by atoms with Crippen molar-refractivity contribution in [1.82, 2.24) is 14.8 Å². The maximum Gasteiger partial charge on any atom is 0.169 e. The van der Waals surface area contributed by atoms with Gasteiger partial charge in [-0.3, -0.25) is 14.5 Å². The summed E-state index contributed by atoms with van der Waals surface area (Å²) in [6, 6.07) is 11.4. The molecule has 4 heteroatoms. The normalized spacial score (nSPS) is 10.9. The van der Waals surface area contributed by atoms with E-state index in [1.165, 1.54) is 0 Å².